The zero-order valence-electron chi connectivity index (χ0n) is 22.5. The van der Waals surface area contributed by atoms with Crippen LogP contribution in [0.3, 0.4) is 0 Å². The Morgan fingerprint density at radius 2 is 1.90 bits per heavy atom. The van der Waals surface area contributed by atoms with Gasteiger partial charge in [0.1, 0.15) is 5.41 Å². The lowest BCUT2D eigenvalue weighted by Crippen LogP contribution is -2.49. The van der Waals surface area contributed by atoms with E-state index in [-0.39, 0.29) is 23.3 Å². The number of hydrogen-bond acceptors (Lipinski definition) is 5. The Morgan fingerprint density at radius 1 is 1.15 bits per heavy atom. The van der Waals surface area contributed by atoms with E-state index >= 15 is 0 Å². The Balaban J connectivity index is 1.59. The maximum Gasteiger partial charge on any atom is 0.237 e. The predicted molar refractivity (Wildman–Crippen MR) is 156 cm³/mol. The van der Waals surface area contributed by atoms with E-state index in [0.717, 1.165) is 25.2 Å². The molecule has 3 aliphatic heterocycles. The fourth-order valence-electron chi connectivity index (χ4n) is 6.42. The second-order valence-electron chi connectivity index (χ2n) is 11.8. The normalized spacial score (nSPS) is 27.0. The number of ether oxygens (including phenoxy) is 1. The van der Waals surface area contributed by atoms with Crippen LogP contribution in [0.1, 0.15) is 44.2 Å². The van der Waals surface area contributed by atoms with Gasteiger partial charge in [-0.05, 0) is 41.2 Å². The summed E-state index contributed by atoms with van der Waals surface area (Å²) in [6.07, 6.45) is 0.648. The Hall–Kier alpha value is -1.87. The molecule has 3 aliphatic rings. The van der Waals surface area contributed by atoms with Crippen molar-refractivity contribution >= 4 is 52.3 Å². The van der Waals surface area contributed by atoms with Gasteiger partial charge in [0.2, 0.25) is 11.8 Å². The van der Waals surface area contributed by atoms with Gasteiger partial charge in [-0.25, -0.2) is 0 Å². The van der Waals surface area contributed by atoms with Crippen LogP contribution in [0.25, 0.3) is 0 Å². The predicted octanol–water partition coefficient (Wildman–Crippen LogP) is 4.85. The number of carbonyl (C=O) groups is 2. The molecule has 0 bridgehead atoms. The lowest BCUT2D eigenvalue weighted by molar-refractivity contribution is -0.124. The van der Waals surface area contributed by atoms with Crippen LogP contribution >= 0.6 is 34.8 Å². The highest BCUT2D eigenvalue weighted by molar-refractivity contribution is 6.42. The molecule has 2 saturated heterocycles. The summed E-state index contributed by atoms with van der Waals surface area (Å²) in [5.41, 5.74) is 0.894. The van der Waals surface area contributed by atoms with Gasteiger partial charge in [0, 0.05) is 48.8 Å². The minimum absolute atomic E-state index is 0.134. The van der Waals surface area contributed by atoms with Crippen LogP contribution in [0.2, 0.25) is 15.1 Å². The van der Waals surface area contributed by atoms with Crippen molar-refractivity contribution in [2.75, 3.05) is 44.7 Å². The van der Waals surface area contributed by atoms with Gasteiger partial charge in [0.15, 0.2) is 0 Å². The van der Waals surface area contributed by atoms with E-state index < -0.39 is 17.4 Å². The number of halogens is 3. The van der Waals surface area contributed by atoms with Crippen molar-refractivity contribution in [3.05, 3.63) is 62.6 Å². The molecule has 210 valence electrons. The molecule has 10 heteroatoms. The zero-order chi connectivity index (χ0) is 27.9. The van der Waals surface area contributed by atoms with Crippen molar-refractivity contribution in [1.29, 1.82) is 0 Å². The van der Waals surface area contributed by atoms with Crippen molar-refractivity contribution in [3.8, 4) is 0 Å². The van der Waals surface area contributed by atoms with Gasteiger partial charge in [-0.1, -0.05) is 73.8 Å². The van der Waals surface area contributed by atoms with Gasteiger partial charge < -0.3 is 20.7 Å². The summed E-state index contributed by atoms with van der Waals surface area (Å²) in [5, 5.41) is 11.1. The summed E-state index contributed by atoms with van der Waals surface area (Å²) in [7, 11) is 0. The van der Waals surface area contributed by atoms with E-state index in [0.29, 0.717) is 52.5 Å². The number of anilines is 1. The molecule has 0 radical (unpaired) electrons. The zero-order valence-corrected chi connectivity index (χ0v) is 24.7. The standard InChI is InChI=1S/C29H35Cl3N4O3/c1-28(2,3)16-22-29(19-8-7-17(30)15-21(19)34-27(29)38)23(18-5-4-6-20(31)24(18)32)25(35-22)26(37)33-9-10-36-11-13-39-14-12-36/h4-8,15,22-23,25,35H,9-14,16H2,1-3H3,(H,33,37)(H,34,38)/t22-,23+,25-,29+/m1/s1. The molecule has 0 aromatic heterocycles. The van der Waals surface area contributed by atoms with Gasteiger partial charge in [-0.15, -0.1) is 0 Å². The van der Waals surface area contributed by atoms with Crippen LogP contribution in [0.15, 0.2) is 36.4 Å². The molecule has 3 heterocycles. The van der Waals surface area contributed by atoms with Crippen LogP contribution in [0.4, 0.5) is 5.69 Å². The summed E-state index contributed by atoms with van der Waals surface area (Å²) < 4.78 is 5.44. The number of nitrogens with zero attached hydrogens (tertiary/aromatic N) is 1. The van der Waals surface area contributed by atoms with E-state index in [1.807, 2.05) is 18.2 Å². The maximum atomic E-state index is 14.2. The molecule has 2 fully saturated rings. The molecule has 0 unspecified atom stereocenters. The number of morpholine rings is 1. The quantitative estimate of drug-likeness (QED) is 0.446. The van der Waals surface area contributed by atoms with Crippen LogP contribution in [0.5, 0.6) is 0 Å². The monoisotopic (exact) mass is 592 g/mol. The second kappa shape index (κ2) is 11.2. The van der Waals surface area contributed by atoms with E-state index in [1.54, 1.807) is 18.2 Å². The minimum atomic E-state index is -1.10. The third kappa shape index (κ3) is 5.42. The van der Waals surface area contributed by atoms with Crippen molar-refractivity contribution in [2.45, 2.75) is 50.6 Å². The van der Waals surface area contributed by atoms with Crippen molar-refractivity contribution in [2.24, 2.45) is 5.41 Å². The molecular weight excluding hydrogens is 559 g/mol. The van der Waals surface area contributed by atoms with Crippen molar-refractivity contribution in [3.63, 3.8) is 0 Å². The first-order valence-corrected chi connectivity index (χ1v) is 14.5. The van der Waals surface area contributed by atoms with E-state index in [2.05, 4.69) is 41.6 Å². The topological polar surface area (TPSA) is 82.7 Å². The number of hydrogen-bond donors (Lipinski definition) is 3. The van der Waals surface area contributed by atoms with Crippen LogP contribution in [-0.4, -0.2) is 68.2 Å². The number of rotatable bonds is 6. The largest absolute Gasteiger partial charge is 0.379 e. The summed E-state index contributed by atoms with van der Waals surface area (Å²) >= 11 is 19.7. The Labute approximate surface area is 244 Å². The van der Waals surface area contributed by atoms with E-state index in [1.165, 1.54) is 0 Å². The number of carbonyl (C=O) groups excluding carboxylic acids is 2. The smallest absolute Gasteiger partial charge is 0.237 e. The minimum Gasteiger partial charge on any atom is -0.379 e. The molecule has 4 atom stereocenters. The molecule has 2 aromatic rings. The van der Waals surface area contributed by atoms with E-state index in [4.69, 9.17) is 39.5 Å². The number of amides is 2. The summed E-state index contributed by atoms with van der Waals surface area (Å²) in [5.74, 6) is -0.955. The SMILES string of the molecule is CC(C)(C)C[C@H]1N[C@@H](C(=O)NCCN2CCOCC2)[C@H](c2cccc(Cl)c2Cl)[C@@]12C(=O)Nc1cc(Cl)ccc12. The molecule has 5 rings (SSSR count). The fourth-order valence-corrected chi connectivity index (χ4v) is 7.02. The molecule has 0 saturated carbocycles. The molecule has 7 nitrogen and oxygen atoms in total. The highest BCUT2D eigenvalue weighted by Gasteiger charge is 2.66. The second-order valence-corrected chi connectivity index (χ2v) is 13.1. The summed E-state index contributed by atoms with van der Waals surface area (Å²) in [6.45, 7) is 10.7. The summed E-state index contributed by atoms with van der Waals surface area (Å²) in [6, 6.07) is 9.80. The van der Waals surface area contributed by atoms with Crippen molar-refractivity contribution < 1.29 is 14.3 Å². The Kier molecular flexibility index (Phi) is 8.22. The van der Waals surface area contributed by atoms with Gasteiger partial charge in [0.25, 0.3) is 0 Å². The Bertz CT molecular complexity index is 1260. The first-order valence-electron chi connectivity index (χ1n) is 13.4. The molecule has 3 N–H and O–H groups in total. The third-order valence-electron chi connectivity index (χ3n) is 8.05. The van der Waals surface area contributed by atoms with Gasteiger partial charge in [0.05, 0.1) is 29.3 Å². The van der Waals surface area contributed by atoms with E-state index in [9.17, 15) is 9.59 Å². The van der Waals surface area contributed by atoms with Crippen molar-refractivity contribution in [1.82, 2.24) is 15.5 Å². The average molecular weight is 594 g/mol. The third-order valence-corrected chi connectivity index (χ3v) is 9.12. The van der Waals surface area contributed by atoms with Crippen LogP contribution in [0, 0.1) is 5.41 Å². The lowest BCUT2D eigenvalue weighted by Gasteiger charge is -2.38. The highest BCUT2D eigenvalue weighted by atomic mass is 35.5. The van der Waals surface area contributed by atoms with Gasteiger partial charge >= 0.3 is 0 Å². The first-order chi connectivity index (χ1) is 18.5. The summed E-state index contributed by atoms with van der Waals surface area (Å²) in [4.78, 5) is 30.4. The first kappa shape index (κ1) is 28.7. The fraction of sp³-hybridized carbons (Fsp3) is 0.517. The highest BCUT2D eigenvalue weighted by Crippen LogP contribution is 2.57. The number of benzene rings is 2. The number of nitrogens with one attached hydrogen (secondary N) is 3. The molecule has 2 aromatic carbocycles. The van der Waals surface area contributed by atoms with Crippen LogP contribution < -0.4 is 16.0 Å². The van der Waals surface area contributed by atoms with Crippen LogP contribution in [-0.2, 0) is 19.7 Å². The molecule has 0 aliphatic carbocycles. The maximum absolute atomic E-state index is 14.2. The van der Waals surface area contributed by atoms with Gasteiger partial charge in [-0.2, -0.15) is 0 Å². The van der Waals surface area contributed by atoms with Gasteiger partial charge in [-0.3, -0.25) is 14.5 Å². The average Bonchev–Trinajstić information content (AvgIpc) is 3.35. The lowest BCUT2D eigenvalue weighted by atomic mass is 9.62. The number of fused-ring (bicyclic) bond motifs is 2. The molecule has 2 amide bonds. The molecule has 39 heavy (non-hydrogen) atoms. The Morgan fingerprint density at radius 3 is 2.62 bits per heavy atom. The molecular formula is C29H35Cl3N4O3. The molecule has 1 spiro atoms.